The fraction of sp³-hybridized carbons (Fsp3) is 0.556. The maximum absolute atomic E-state index is 4.09. The molecule has 1 aromatic heterocycles. The van der Waals surface area contributed by atoms with Crippen molar-refractivity contribution in [3.8, 4) is 0 Å². The lowest BCUT2D eigenvalue weighted by Crippen LogP contribution is -2.13. The van der Waals surface area contributed by atoms with Crippen LogP contribution >= 0.6 is 0 Å². The Balaban J connectivity index is 1.88. The third kappa shape index (κ3) is 1.72. The molecule has 1 fully saturated rings. The first-order valence-corrected chi connectivity index (χ1v) is 4.29. The first kappa shape index (κ1) is 7.53. The number of anilines is 1. The molecule has 64 valence electrons. The Morgan fingerprint density at radius 2 is 2.08 bits per heavy atom. The average Bonchev–Trinajstić information content (AvgIpc) is 2.84. The zero-order chi connectivity index (χ0) is 8.44. The summed E-state index contributed by atoms with van der Waals surface area (Å²) in [6.07, 6.45) is 6.16. The van der Waals surface area contributed by atoms with Crippen molar-refractivity contribution in [3.63, 3.8) is 0 Å². The number of nitrogens with zero attached hydrogens (tertiary/aromatic N) is 2. The van der Waals surface area contributed by atoms with Gasteiger partial charge in [0.2, 0.25) is 5.95 Å². The van der Waals surface area contributed by atoms with Gasteiger partial charge in [-0.15, -0.1) is 0 Å². The third-order valence-electron chi connectivity index (χ3n) is 2.34. The fourth-order valence-corrected chi connectivity index (χ4v) is 1.07. The van der Waals surface area contributed by atoms with E-state index < -0.39 is 0 Å². The van der Waals surface area contributed by atoms with E-state index in [-0.39, 0.29) is 0 Å². The van der Waals surface area contributed by atoms with Crippen molar-refractivity contribution < 1.29 is 0 Å². The molecule has 0 unspecified atom stereocenters. The SMILES string of the molecule is CC1(CNc2ncccn2)CC1. The van der Waals surface area contributed by atoms with Crippen molar-refractivity contribution in [1.82, 2.24) is 9.97 Å². The molecule has 1 N–H and O–H groups in total. The first-order chi connectivity index (χ1) is 5.79. The van der Waals surface area contributed by atoms with Gasteiger partial charge in [-0.25, -0.2) is 9.97 Å². The van der Waals surface area contributed by atoms with Crippen LogP contribution in [0, 0.1) is 5.41 Å². The molecule has 0 spiro atoms. The van der Waals surface area contributed by atoms with Gasteiger partial charge in [0, 0.05) is 18.9 Å². The Morgan fingerprint density at radius 1 is 1.42 bits per heavy atom. The molecule has 2 rings (SSSR count). The Morgan fingerprint density at radius 3 is 2.67 bits per heavy atom. The molecule has 0 radical (unpaired) electrons. The Kier molecular flexibility index (Phi) is 1.71. The van der Waals surface area contributed by atoms with E-state index >= 15 is 0 Å². The summed E-state index contributed by atoms with van der Waals surface area (Å²) < 4.78 is 0. The van der Waals surface area contributed by atoms with Gasteiger partial charge in [0.05, 0.1) is 0 Å². The number of hydrogen-bond acceptors (Lipinski definition) is 3. The van der Waals surface area contributed by atoms with E-state index in [1.54, 1.807) is 12.4 Å². The summed E-state index contributed by atoms with van der Waals surface area (Å²) in [5, 5.41) is 3.22. The van der Waals surface area contributed by atoms with Crippen molar-refractivity contribution >= 4 is 5.95 Å². The van der Waals surface area contributed by atoms with Gasteiger partial charge in [-0.05, 0) is 24.3 Å². The van der Waals surface area contributed by atoms with E-state index in [1.165, 1.54) is 12.8 Å². The highest BCUT2D eigenvalue weighted by Gasteiger charge is 2.36. The van der Waals surface area contributed by atoms with Crippen molar-refractivity contribution in [2.24, 2.45) is 5.41 Å². The van der Waals surface area contributed by atoms with Crippen LogP contribution in [0.15, 0.2) is 18.5 Å². The number of nitrogens with one attached hydrogen (secondary N) is 1. The first-order valence-electron chi connectivity index (χ1n) is 4.29. The Labute approximate surface area is 72.2 Å². The van der Waals surface area contributed by atoms with Crippen LogP contribution in [-0.4, -0.2) is 16.5 Å². The van der Waals surface area contributed by atoms with Crippen LogP contribution in [0.2, 0.25) is 0 Å². The van der Waals surface area contributed by atoms with Gasteiger partial charge in [0.15, 0.2) is 0 Å². The van der Waals surface area contributed by atoms with Crippen LogP contribution in [0.4, 0.5) is 5.95 Å². The van der Waals surface area contributed by atoms with Crippen molar-refractivity contribution in [1.29, 1.82) is 0 Å². The lowest BCUT2D eigenvalue weighted by atomic mass is 10.1. The summed E-state index contributed by atoms with van der Waals surface area (Å²) in [5.74, 6) is 0.741. The van der Waals surface area contributed by atoms with Gasteiger partial charge < -0.3 is 5.32 Å². The molecule has 3 nitrogen and oxygen atoms in total. The molecule has 1 aliphatic carbocycles. The smallest absolute Gasteiger partial charge is 0.222 e. The number of hydrogen-bond donors (Lipinski definition) is 1. The minimum atomic E-state index is 0.513. The van der Waals surface area contributed by atoms with Crippen LogP contribution in [0.3, 0.4) is 0 Å². The van der Waals surface area contributed by atoms with Gasteiger partial charge in [-0.1, -0.05) is 6.92 Å². The maximum Gasteiger partial charge on any atom is 0.222 e. The molecule has 0 amide bonds. The molecular formula is C9H13N3. The van der Waals surface area contributed by atoms with Crippen molar-refractivity contribution in [2.75, 3.05) is 11.9 Å². The summed E-state index contributed by atoms with van der Waals surface area (Å²) in [5.41, 5.74) is 0.513. The van der Waals surface area contributed by atoms with Crippen LogP contribution in [0.1, 0.15) is 19.8 Å². The molecule has 0 bridgehead atoms. The molecule has 1 aromatic rings. The van der Waals surface area contributed by atoms with Crippen molar-refractivity contribution in [2.45, 2.75) is 19.8 Å². The summed E-state index contributed by atoms with van der Waals surface area (Å²) in [4.78, 5) is 8.17. The van der Waals surface area contributed by atoms with E-state index in [4.69, 9.17) is 0 Å². The van der Waals surface area contributed by atoms with E-state index in [9.17, 15) is 0 Å². The van der Waals surface area contributed by atoms with Crippen LogP contribution < -0.4 is 5.32 Å². The molecule has 3 heteroatoms. The minimum absolute atomic E-state index is 0.513. The summed E-state index contributed by atoms with van der Waals surface area (Å²) >= 11 is 0. The van der Waals surface area contributed by atoms with E-state index in [1.807, 2.05) is 6.07 Å². The van der Waals surface area contributed by atoms with Gasteiger partial charge in [-0.3, -0.25) is 0 Å². The van der Waals surface area contributed by atoms with Crippen molar-refractivity contribution in [3.05, 3.63) is 18.5 Å². The maximum atomic E-state index is 4.09. The topological polar surface area (TPSA) is 37.8 Å². The Hall–Kier alpha value is -1.12. The monoisotopic (exact) mass is 163 g/mol. The highest BCUT2D eigenvalue weighted by atomic mass is 15.1. The molecule has 0 atom stereocenters. The number of rotatable bonds is 3. The van der Waals surface area contributed by atoms with E-state index in [0.29, 0.717) is 5.41 Å². The third-order valence-corrected chi connectivity index (χ3v) is 2.34. The standard InChI is InChI=1S/C9H13N3/c1-9(3-4-9)7-12-8-10-5-2-6-11-8/h2,5-6H,3-4,7H2,1H3,(H,10,11,12). The molecule has 0 aliphatic heterocycles. The summed E-state index contributed by atoms with van der Waals surface area (Å²) in [6, 6.07) is 1.82. The van der Waals surface area contributed by atoms with Crippen LogP contribution in [0.5, 0.6) is 0 Å². The zero-order valence-corrected chi connectivity index (χ0v) is 7.25. The lowest BCUT2D eigenvalue weighted by Gasteiger charge is -2.08. The second-order valence-corrected chi connectivity index (χ2v) is 3.74. The molecule has 12 heavy (non-hydrogen) atoms. The summed E-state index contributed by atoms with van der Waals surface area (Å²) in [6.45, 7) is 3.28. The van der Waals surface area contributed by atoms with Crippen LogP contribution in [-0.2, 0) is 0 Å². The van der Waals surface area contributed by atoms with E-state index in [2.05, 4.69) is 22.2 Å². The second-order valence-electron chi connectivity index (χ2n) is 3.74. The molecule has 1 heterocycles. The lowest BCUT2D eigenvalue weighted by molar-refractivity contribution is 0.607. The summed E-state index contributed by atoms with van der Waals surface area (Å²) in [7, 11) is 0. The predicted molar refractivity (Wildman–Crippen MR) is 47.9 cm³/mol. The second kappa shape index (κ2) is 2.73. The molecule has 0 saturated heterocycles. The van der Waals surface area contributed by atoms with Gasteiger partial charge >= 0.3 is 0 Å². The zero-order valence-electron chi connectivity index (χ0n) is 7.25. The Bertz CT molecular complexity index is 254. The minimum Gasteiger partial charge on any atom is -0.354 e. The molecular weight excluding hydrogens is 150 g/mol. The molecule has 1 aliphatic rings. The van der Waals surface area contributed by atoms with Gasteiger partial charge in [0.25, 0.3) is 0 Å². The molecule has 0 aromatic carbocycles. The predicted octanol–water partition coefficient (Wildman–Crippen LogP) is 1.69. The van der Waals surface area contributed by atoms with E-state index in [0.717, 1.165) is 12.5 Å². The average molecular weight is 163 g/mol. The quantitative estimate of drug-likeness (QED) is 0.736. The normalized spacial score (nSPS) is 18.8. The fourth-order valence-electron chi connectivity index (χ4n) is 1.07. The van der Waals surface area contributed by atoms with Gasteiger partial charge in [-0.2, -0.15) is 0 Å². The van der Waals surface area contributed by atoms with Gasteiger partial charge in [0.1, 0.15) is 0 Å². The molecule has 1 saturated carbocycles. The highest BCUT2D eigenvalue weighted by Crippen LogP contribution is 2.44. The van der Waals surface area contributed by atoms with Crippen LogP contribution in [0.25, 0.3) is 0 Å². The largest absolute Gasteiger partial charge is 0.354 e. The number of aromatic nitrogens is 2. The highest BCUT2D eigenvalue weighted by molar-refractivity contribution is 5.23.